The highest BCUT2D eigenvalue weighted by atomic mass is 35.5. The van der Waals surface area contributed by atoms with Crippen molar-refractivity contribution in [1.29, 1.82) is 0 Å². The molecule has 0 aromatic heterocycles. The maximum absolute atomic E-state index is 12.3. The van der Waals surface area contributed by atoms with Gasteiger partial charge < -0.3 is 15.0 Å². The standard InChI is InChI=1S/C22H23ClN2O3/c1-2-14-28-18-9-5-16(6-10-18)7-12-21(26)24-20-15-17(8-11-19(20)23)25-13-3-4-22(25)27/h5-12,15H,2-4,13-14H2,1H3,(H,24,26)/b12-7+. The van der Waals surface area contributed by atoms with Crippen LogP contribution in [-0.2, 0) is 9.59 Å². The summed E-state index contributed by atoms with van der Waals surface area (Å²) in [5.74, 6) is 0.604. The molecule has 1 N–H and O–H groups in total. The highest BCUT2D eigenvalue weighted by molar-refractivity contribution is 6.34. The Morgan fingerprint density at radius 1 is 1.25 bits per heavy atom. The minimum atomic E-state index is -0.293. The molecule has 146 valence electrons. The number of amides is 2. The van der Waals surface area contributed by atoms with E-state index in [0.29, 0.717) is 30.3 Å². The largest absolute Gasteiger partial charge is 0.494 e. The van der Waals surface area contributed by atoms with Crippen LogP contribution in [0.4, 0.5) is 11.4 Å². The van der Waals surface area contributed by atoms with Crippen LogP contribution in [0.5, 0.6) is 5.75 Å². The van der Waals surface area contributed by atoms with Crippen LogP contribution in [0.3, 0.4) is 0 Å². The number of benzene rings is 2. The van der Waals surface area contributed by atoms with Crippen LogP contribution in [-0.4, -0.2) is 25.0 Å². The Morgan fingerprint density at radius 3 is 2.71 bits per heavy atom. The SMILES string of the molecule is CCCOc1ccc(/C=C/C(=O)Nc2cc(N3CCCC3=O)ccc2Cl)cc1. The first-order chi connectivity index (χ1) is 13.6. The van der Waals surface area contributed by atoms with Gasteiger partial charge in [0, 0.05) is 24.7 Å². The van der Waals surface area contributed by atoms with E-state index in [4.69, 9.17) is 16.3 Å². The second kappa shape index (κ2) is 9.42. The molecule has 2 aromatic carbocycles. The van der Waals surface area contributed by atoms with E-state index >= 15 is 0 Å². The quantitative estimate of drug-likeness (QED) is 0.674. The van der Waals surface area contributed by atoms with Gasteiger partial charge in [0.05, 0.1) is 17.3 Å². The maximum Gasteiger partial charge on any atom is 0.248 e. The van der Waals surface area contributed by atoms with E-state index in [1.165, 1.54) is 6.08 Å². The van der Waals surface area contributed by atoms with Gasteiger partial charge in [0.2, 0.25) is 11.8 Å². The maximum atomic E-state index is 12.3. The number of hydrogen-bond donors (Lipinski definition) is 1. The zero-order chi connectivity index (χ0) is 19.9. The Hall–Kier alpha value is -2.79. The molecule has 0 radical (unpaired) electrons. The van der Waals surface area contributed by atoms with Crippen molar-refractivity contribution in [2.75, 3.05) is 23.4 Å². The molecule has 0 unspecified atom stereocenters. The molecule has 5 nitrogen and oxygen atoms in total. The number of carbonyl (C=O) groups is 2. The van der Waals surface area contributed by atoms with E-state index in [0.717, 1.165) is 29.8 Å². The van der Waals surface area contributed by atoms with Crippen LogP contribution in [0.1, 0.15) is 31.7 Å². The lowest BCUT2D eigenvalue weighted by atomic mass is 10.2. The normalized spacial score (nSPS) is 13.9. The summed E-state index contributed by atoms with van der Waals surface area (Å²) >= 11 is 6.20. The predicted molar refractivity (Wildman–Crippen MR) is 113 cm³/mol. The van der Waals surface area contributed by atoms with Crippen molar-refractivity contribution in [3.05, 3.63) is 59.1 Å². The molecule has 3 rings (SSSR count). The van der Waals surface area contributed by atoms with Gasteiger partial charge in [0.25, 0.3) is 0 Å². The first-order valence-corrected chi connectivity index (χ1v) is 9.76. The molecule has 1 aliphatic rings. The van der Waals surface area contributed by atoms with E-state index < -0.39 is 0 Å². The zero-order valence-electron chi connectivity index (χ0n) is 15.8. The van der Waals surface area contributed by atoms with Gasteiger partial charge in [-0.3, -0.25) is 9.59 Å². The highest BCUT2D eigenvalue weighted by Crippen LogP contribution is 2.30. The summed E-state index contributed by atoms with van der Waals surface area (Å²) in [4.78, 5) is 25.9. The molecule has 1 heterocycles. The van der Waals surface area contributed by atoms with Crippen LogP contribution in [0.25, 0.3) is 6.08 Å². The molecule has 2 aromatic rings. The molecule has 1 saturated heterocycles. The summed E-state index contributed by atoms with van der Waals surface area (Å²) in [6, 6.07) is 12.7. The number of carbonyl (C=O) groups excluding carboxylic acids is 2. The Kier molecular flexibility index (Phi) is 6.71. The molecule has 28 heavy (non-hydrogen) atoms. The van der Waals surface area contributed by atoms with Gasteiger partial charge in [0.15, 0.2) is 0 Å². The molecular formula is C22H23ClN2O3. The number of halogens is 1. The van der Waals surface area contributed by atoms with Crippen molar-refractivity contribution in [2.24, 2.45) is 0 Å². The van der Waals surface area contributed by atoms with Crippen molar-refractivity contribution in [3.63, 3.8) is 0 Å². The predicted octanol–water partition coefficient (Wildman–Crippen LogP) is 4.91. The molecule has 1 fully saturated rings. The van der Waals surface area contributed by atoms with Crippen LogP contribution < -0.4 is 15.0 Å². The summed E-state index contributed by atoms with van der Waals surface area (Å²) in [6.07, 6.45) is 5.52. The van der Waals surface area contributed by atoms with Gasteiger partial charge >= 0.3 is 0 Å². The molecule has 0 aliphatic carbocycles. The van der Waals surface area contributed by atoms with E-state index in [1.54, 1.807) is 29.2 Å². The van der Waals surface area contributed by atoms with Gasteiger partial charge in [-0.25, -0.2) is 0 Å². The third-order valence-electron chi connectivity index (χ3n) is 4.37. The van der Waals surface area contributed by atoms with E-state index in [1.807, 2.05) is 24.3 Å². The molecule has 0 bridgehead atoms. The second-order valence-corrected chi connectivity index (χ2v) is 6.96. The third kappa shape index (κ3) is 5.14. The molecule has 1 aliphatic heterocycles. The molecular weight excluding hydrogens is 376 g/mol. The lowest BCUT2D eigenvalue weighted by Crippen LogP contribution is -2.23. The molecule has 0 spiro atoms. The minimum Gasteiger partial charge on any atom is -0.494 e. The van der Waals surface area contributed by atoms with Crippen LogP contribution in [0, 0.1) is 0 Å². The molecule has 0 saturated carbocycles. The van der Waals surface area contributed by atoms with Crippen LogP contribution >= 0.6 is 11.6 Å². The van der Waals surface area contributed by atoms with Crippen molar-refractivity contribution in [1.82, 2.24) is 0 Å². The number of hydrogen-bond acceptors (Lipinski definition) is 3. The summed E-state index contributed by atoms with van der Waals surface area (Å²) in [7, 11) is 0. The summed E-state index contributed by atoms with van der Waals surface area (Å²) in [6.45, 7) is 3.42. The first-order valence-electron chi connectivity index (χ1n) is 9.38. The molecule has 6 heteroatoms. The third-order valence-corrected chi connectivity index (χ3v) is 4.70. The fraction of sp³-hybridized carbons (Fsp3) is 0.273. The molecule has 0 atom stereocenters. The Bertz CT molecular complexity index is 878. The number of nitrogens with zero attached hydrogens (tertiary/aromatic N) is 1. The van der Waals surface area contributed by atoms with Gasteiger partial charge in [-0.1, -0.05) is 30.7 Å². The Labute approximate surface area is 169 Å². The summed E-state index contributed by atoms with van der Waals surface area (Å²) < 4.78 is 5.54. The Morgan fingerprint density at radius 2 is 2.04 bits per heavy atom. The lowest BCUT2D eigenvalue weighted by Gasteiger charge is -2.17. The summed E-state index contributed by atoms with van der Waals surface area (Å²) in [5.41, 5.74) is 2.12. The second-order valence-electron chi connectivity index (χ2n) is 6.55. The first kappa shape index (κ1) is 20.0. The van der Waals surface area contributed by atoms with E-state index in [9.17, 15) is 9.59 Å². The number of anilines is 2. The number of ether oxygens (including phenoxy) is 1. The monoisotopic (exact) mass is 398 g/mol. The van der Waals surface area contributed by atoms with Gasteiger partial charge in [0.1, 0.15) is 5.75 Å². The minimum absolute atomic E-state index is 0.0888. The van der Waals surface area contributed by atoms with Crippen molar-refractivity contribution in [2.45, 2.75) is 26.2 Å². The highest BCUT2D eigenvalue weighted by Gasteiger charge is 2.22. The van der Waals surface area contributed by atoms with Crippen molar-refractivity contribution < 1.29 is 14.3 Å². The zero-order valence-corrected chi connectivity index (χ0v) is 16.5. The Balaban J connectivity index is 1.64. The van der Waals surface area contributed by atoms with E-state index in [-0.39, 0.29) is 11.8 Å². The fourth-order valence-electron chi connectivity index (χ4n) is 2.94. The van der Waals surface area contributed by atoms with Gasteiger partial charge in [-0.05, 0) is 54.8 Å². The smallest absolute Gasteiger partial charge is 0.248 e. The van der Waals surface area contributed by atoms with Gasteiger partial charge in [-0.2, -0.15) is 0 Å². The van der Waals surface area contributed by atoms with Gasteiger partial charge in [-0.15, -0.1) is 0 Å². The number of nitrogens with one attached hydrogen (secondary N) is 1. The lowest BCUT2D eigenvalue weighted by molar-refractivity contribution is -0.117. The average molecular weight is 399 g/mol. The van der Waals surface area contributed by atoms with Crippen LogP contribution in [0.15, 0.2) is 48.5 Å². The fourth-order valence-corrected chi connectivity index (χ4v) is 3.10. The van der Waals surface area contributed by atoms with Crippen LogP contribution in [0.2, 0.25) is 5.02 Å². The molecule has 2 amide bonds. The van der Waals surface area contributed by atoms with Crippen molar-refractivity contribution >= 4 is 40.9 Å². The number of rotatable bonds is 7. The average Bonchev–Trinajstić information content (AvgIpc) is 3.13. The van der Waals surface area contributed by atoms with Crippen molar-refractivity contribution in [3.8, 4) is 5.75 Å². The summed E-state index contributed by atoms with van der Waals surface area (Å²) in [5, 5.41) is 3.20. The van der Waals surface area contributed by atoms with E-state index in [2.05, 4.69) is 12.2 Å². The topological polar surface area (TPSA) is 58.6 Å².